The number of aromatic hydroxyl groups is 1. The van der Waals surface area contributed by atoms with E-state index in [1.165, 1.54) is 11.1 Å². The van der Waals surface area contributed by atoms with Gasteiger partial charge in [0, 0.05) is 39.2 Å². The van der Waals surface area contributed by atoms with Crippen LogP contribution in [0.4, 0.5) is 0 Å². The highest BCUT2D eigenvalue weighted by atomic mass is 32.1. The number of benzene rings is 1. The van der Waals surface area contributed by atoms with Crippen molar-refractivity contribution >= 4 is 33.1 Å². The standard InChI is InChI=1S/C23H15N5OS/c29-15-6-14(9-24-10-15)13-3-4-19-17(7-13)23(28-27-19)20-8-16-18(22-2-1-5-30-22)11-25-12-21(16)26-20/h1-12,26,29H,(H,27,28). The molecule has 0 spiro atoms. The first-order chi connectivity index (χ1) is 14.8. The number of pyridine rings is 2. The summed E-state index contributed by atoms with van der Waals surface area (Å²) < 4.78 is 0. The number of nitrogens with one attached hydrogen (secondary N) is 2. The Balaban J connectivity index is 1.52. The van der Waals surface area contributed by atoms with Gasteiger partial charge in [-0.2, -0.15) is 5.10 Å². The third kappa shape index (κ3) is 2.67. The molecule has 5 aromatic heterocycles. The van der Waals surface area contributed by atoms with Gasteiger partial charge >= 0.3 is 0 Å². The van der Waals surface area contributed by atoms with E-state index in [2.05, 4.69) is 48.7 Å². The highest BCUT2D eigenvalue weighted by Gasteiger charge is 2.15. The molecular weight excluding hydrogens is 394 g/mol. The second kappa shape index (κ2) is 6.53. The first kappa shape index (κ1) is 16.9. The van der Waals surface area contributed by atoms with E-state index in [4.69, 9.17) is 0 Å². The van der Waals surface area contributed by atoms with Crippen molar-refractivity contribution in [2.45, 2.75) is 0 Å². The average Bonchev–Trinajstić information content (AvgIpc) is 3.51. The highest BCUT2D eigenvalue weighted by molar-refractivity contribution is 7.13. The zero-order chi connectivity index (χ0) is 20.1. The zero-order valence-electron chi connectivity index (χ0n) is 15.6. The van der Waals surface area contributed by atoms with Crippen molar-refractivity contribution in [1.29, 1.82) is 0 Å². The van der Waals surface area contributed by atoms with E-state index in [0.717, 1.165) is 49.9 Å². The maximum atomic E-state index is 9.77. The molecule has 7 heteroatoms. The SMILES string of the molecule is Oc1cncc(-c2ccc3[nH]nc(-c4cc5c(-c6cccs6)cncc5[nH]4)c3c2)c1. The molecule has 6 rings (SSSR count). The molecule has 0 saturated carbocycles. The molecule has 0 bridgehead atoms. The number of aromatic nitrogens is 5. The first-order valence-corrected chi connectivity index (χ1v) is 10.3. The van der Waals surface area contributed by atoms with Crippen LogP contribution < -0.4 is 0 Å². The van der Waals surface area contributed by atoms with Gasteiger partial charge < -0.3 is 10.1 Å². The van der Waals surface area contributed by atoms with Crippen LogP contribution in [0.2, 0.25) is 0 Å². The van der Waals surface area contributed by atoms with Crippen molar-refractivity contribution < 1.29 is 5.11 Å². The second-order valence-electron chi connectivity index (χ2n) is 7.07. The molecule has 0 amide bonds. The third-order valence-corrected chi connectivity index (χ3v) is 6.11. The molecule has 0 aliphatic rings. The van der Waals surface area contributed by atoms with Gasteiger partial charge in [-0.05, 0) is 41.3 Å². The summed E-state index contributed by atoms with van der Waals surface area (Å²) in [7, 11) is 0. The van der Waals surface area contributed by atoms with Crippen LogP contribution in [0.25, 0.3) is 54.8 Å². The molecule has 1 aromatic carbocycles. The summed E-state index contributed by atoms with van der Waals surface area (Å²) in [5, 5.41) is 21.6. The van der Waals surface area contributed by atoms with Crippen LogP contribution in [0.3, 0.4) is 0 Å². The Kier molecular flexibility index (Phi) is 3.69. The molecule has 3 N–H and O–H groups in total. The largest absolute Gasteiger partial charge is 0.506 e. The van der Waals surface area contributed by atoms with Gasteiger partial charge in [-0.15, -0.1) is 11.3 Å². The summed E-state index contributed by atoms with van der Waals surface area (Å²) in [6.07, 6.45) is 6.91. The van der Waals surface area contributed by atoms with Crippen molar-refractivity contribution in [2.75, 3.05) is 0 Å². The summed E-state index contributed by atoms with van der Waals surface area (Å²) >= 11 is 1.70. The quantitative estimate of drug-likeness (QED) is 0.355. The van der Waals surface area contributed by atoms with E-state index in [0.29, 0.717) is 0 Å². The number of H-pyrrole nitrogens is 2. The lowest BCUT2D eigenvalue weighted by molar-refractivity contribution is 0.473. The van der Waals surface area contributed by atoms with Crippen LogP contribution >= 0.6 is 11.3 Å². The maximum absolute atomic E-state index is 9.77. The fourth-order valence-corrected chi connectivity index (χ4v) is 4.54. The maximum Gasteiger partial charge on any atom is 0.134 e. The van der Waals surface area contributed by atoms with Crippen molar-refractivity contribution in [3.05, 3.63) is 72.6 Å². The molecule has 0 fully saturated rings. The van der Waals surface area contributed by atoms with Crippen molar-refractivity contribution in [3.63, 3.8) is 0 Å². The van der Waals surface area contributed by atoms with Crippen LogP contribution in [0.5, 0.6) is 5.75 Å². The Morgan fingerprint density at radius 2 is 1.77 bits per heavy atom. The van der Waals surface area contributed by atoms with E-state index in [1.807, 2.05) is 30.6 Å². The second-order valence-corrected chi connectivity index (χ2v) is 8.02. The number of hydrogen-bond donors (Lipinski definition) is 3. The lowest BCUT2D eigenvalue weighted by Crippen LogP contribution is -1.82. The van der Waals surface area contributed by atoms with Crippen molar-refractivity contribution in [2.24, 2.45) is 0 Å². The fourth-order valence-electron chi connectivity index (χ4n) is 3.79. The fraction of sp³-hybridized carbons (Fsp3) is 0. The number of nitrogens with zero attached hydrogens (tertiary/aromatic N) is 3. The first-order valence-electron chi connectivity index (χ1n) is 9.40. The molecule has 6 aromatic rings. The van der Waals surface area contributed by atoms with Gasteiger partial charge in [-0.1, -0.05) is 12.1 Å². The van der Waals surface area contributed by atoms with Crippen LogP contribution in [0, 0.1) is 0 Å². The predicted molar refractivity (Wildman–Crippen MR) is 119 cm³/mol. The van der Waals surface area contributed by atoms with E-state index >= 15 is 0 Å². The Morgan fingerprint density at radius 3 is 2.63 bits per heavy atom. The van der Waals surface area contributed by atoms with Crippen LogP contribution in [0.15, 0.2) is 72.6 Å². The van der Waals surface area contributed by atoms with Gasteiger partial charge in [0.1, 0.15) is 11.4 Å². The normalized spacial score (nSPS) is 11.5. The Labute approximate surface area is 174 Å². The number of thiophene rings is 1. The van der Waals surface area contributed by atoms with Gasteiger partial charge in [0.05, 0.1) is 29.1 Å². The van der Waals surface area contributed by atoms with Gasteiger partial charge in [0.2, 0.25) is 0 Å². The summed E-state index contributed by atoms with van der Waals surface area (Å²) in [6.45, 7) is 0. The Morgan fingerprint density at radius 1 is 0.833 bits per heavy atom. The number of fused-ring (bicyclic) bond motifs is 2. The summed E-state index contributed by atoms with van der Waals surface area (Å²) in [5.41, 5.74) is 6.60. The monoisotopic (exact) mass is 409 g/mol. The Hall–Kier alpha value is -3.97. The molecule has 6 nitrogen and oxygen atoms in total. The van der Waals surface area contributed by atoms with Crippen molar-refractivity contribution in [1.82, 2.24) is 25.1 Å². The molecule has 0 aliphatic heterocycles. The van der Waals surface area contributed by atoms with Gasteiger partial charge in [-0.25, -0.2) is 0 Å². The topological polar surface area (TPSA) is 90.5 Å². The predicted octanol–water partition coefficient (Wildman–Crippen LogP) is 5.60. The van der Waals surface area contributed by atoms with E-state index in [9.17, 15) is 5.11 Å². The molecular formula is C23H15N5OS. The van der Waals surface area contributed by atoms with E-state index in [-0.39, 0.29) is 5.75 Å². The molecule has 0 unspecified atom stereocenters. The average molecular weight is 409 g/mol. The zero-order valence-corrected chi connectivity index (χ0v) is 16.4. The molecule has 0 saturated heterocycles. The molecule has 0 aliphatic carbocycles. The molecule has 30 heavy (non-hydrogen) atoms. The smallest absolute Gasteiger partial charge is 0.134 e. The van der Waals surface area contributed by atoms with E-state index < -0.39 is 0 Å². The summed E-state index contributed by atoms with van der Waals surface area (Å²) in [6, 6.07) is 14.0. The van der Waals surface area contributed by atoms with Gasteiger partial charge in [-0.3, -0.25) is 15.1 Å². The molecule has 0 atom stereocenters. The lowest BCUT2D eigenvalue weighted by atomic mass is 10.0. The highest BCUT2D eigenvalue weighted by Crippen LogP contribution is 2.36. The molecule has 0 radical (unpaired) electrons. The van der Waals surface area contributed by atoms with Gasteiger partial charge in [0.25, 0.3) is 0 Å². The minimum Gasteiger partial charge on any atom is -0.506 e. The van der Waals surface area contributed by atoms with Gasteiger partial charge in [0.15, 0.2) is 0 Å². The third-order valence-electron chi connectivity index (χ3n) is 5.21. The number of hydrogen-bond acceptors (Lipinski definition) is 5. The minimum atomic E-state index is 0.143. The summed E-state index contributed by atoms with van der Waals surface area (Å²) in [5.74, 6) is 0.143. The van der Waals surface area contributed by atoms with Crippen molar-refractivity contribution in [3.8, 4) is 38.7 Å². The van der Waals surface area contributed by atoms with Crippen LogP contribution in [-0.4, -0.2) is 30.3 Å². The number of rotatable bonds is 3. The molecule has 5 heterocycles. The van der Waals surface area contributed by atoms with Crippen LogP contribution in [-0.2, 0) is 0 Å². The Bertz CT molecular complexity index is 1510. The minimum absolute atomic E-state index is 0.143. The lowest BCUT2D eigenvalue weighted by Gasteiger charge is -2.02. The molecule has 144 valence electrons. The number of aromatic amines is 2. The van der Waals surface area contributed by atoms with E-state index in [1.54, 1.807) is 23.6 Å². The van der Waals surface area contributed by atoms with Crippen LogP contribution in [0.1, 0.15) is 0 Å². The summed E-state index contributed by atoms with van der Waals surface area (Å²) in [4.78, 5) is 13.1.